The molecule has 0 saturated heterocycles. The fraction of sp³-hybridized carbons (Fsp3) is 0.136. The van der Waals surface area contributed by atoms with Crippen molar-refractivity contribution in [3.63, 3.8) is 0 Å². The van der Waals surface area contributed by atoms with Crippen LogP contribution in [0.25, 0.3) is 0 Å². The number of rotatable bonds is 6. The largest absolute Gasteiger partial charge is 0.323 e. The molecule has 0 unspecified atom stereocenters. The first kappa shape index (κ1) is 22.2. The van der Waals surface area contributed by atoms with E-state index in [0.29, 0.717) is 21.4 Å². The van der Waals surface area contributed by atoms with Crippen LogP contribution in [0, 0.1) is 13.8 Å². The van der Waals surface area contributed by atoms with Crippen LogP contribution in [-0.4, -0.2) is 20.9 Å². The van der Waals surface area contributed by atoms with Crippen LogP contribution in [0.15, 0.2) is 71.6 Å². The van der Waals surface area contributed by atoms with E-state index in [1.54, 1.807) is 42.5 Å². The highest BCUT2D eigenvalue weighted by Crippen LogP contribution is 2.28. The summed E-state index contributed by atoms with van der Waals surface area (Å²) in [6, 6.07) is 17.9. The molecule has 0 atom stereocenters. The minimum atomic E-state index is -3.98. The standard InChI is InChI=1S/C22H20Cl2N2O3S/c1-15-8-10-18(12-16(15)2)26(30(28,29)19-6-4-3-5-7-19)14-22(27)25-21-13-17(23)9-11-20(21)24/h3-13H,14H2,1-2H3,(H,25,27). The number of anilines is 2. The molecule has 1 N–H and O–H groups in total. The lowest BCUT2D eigenvalue weighted by atomic mass is 10.1. The van der Waals surface area contributed by atoms with Crippen LogP contribution in [0.1, 0.15) is 11.1 Å². The summed E-state index contributed by atoms with van der Waals surface area (Å²) in [7, 11) is -3.98. The Hall–Kier alpha value is -2.54. The van der Waals surface area contributed by atoms with Gasteiger partial charge in [-0.3, -0.25) is 9.10 Å². The van der Waals surface area contributed by atoms with Crippen LogP contribution in [0.3, 0.4) is 0 Å². The van der Waals surface area contributed by atoms with Crippen LogP contribution in [0.2, 0.25) is 10.0 Å². The first-order valence-corrected chi connectivity index (χ1v) is 11.3. The van der Waals surface area contributed by atoms with E-state index in [1.807, 2.05) is 19.9 Å². The highest BCUT2D eigenvalue weighted by atomic mass is 35.5. The zero-order chi connectivity index (χ0) is 21.9. The summed E-state index contributed by atoms with van der Waals surface area (Å²) >= 11 is 12.1. The van der Waals surface area contributed by atoms with E-state index in [2.05, 4.69) is 5.32 Å². The zero-order valence-corrected chi connectivity index (χ0v) is 18.7. The molecule has 0 aliphatic heterocycles. The number of nitrogens with one attached hydrogen (secondary N) is 1. The van der Waals surface area contributed by atoms with Crippen molar-refractivity contribution in [1.82, 2.24) is 0 Å². The second kappa shape index (κ2) is 9.08. The van der Waals surface area contributed by atoms with E-state index in [-0.39, 0.29) is 4.90 Å². The average Bonchev–Trinajstić information content (AvgIpc) is 2.71. The second-order valence-electron chi connectivity index (χ2n) is 6.77. The van der Waals surface area contributed by atoms with Gasteiger partial charge in [-0.25, -0.2) is 8.42 Å². The molecule has 0 fully saturated rings. The molecule has 0 aliphatic rings. The number of halogens is 2. The summed E-state index contributed by atoms with van der Waals surface area (Å²) in [6.45, 7) is 3.39. The molecule has 8 heteroatoms. The molecule has 0 spiro atoms. The Labute approximate surface area is 186 Å². The van der Waals surface area contributed by atoms with Crippen LogP contribution in [-0.2, 0) is 14.8 Å². The van der Waals surface area contributed by atoms with Crippen LogP contribution in [0.4, 0.5) is 11.4 Å². The Morgan fingerprint density at radius 3 is 2.30 bits per heavy atom. The number of nitrogens with zero attached hydrogens (tertiary/aromatic N) is 1. The first-order valence-electron chi connectivity index (χ1n) is 9.08. The van der Waals surface area contributed by atoms with Gasteiger partial charge in [0.2, 0.25) is 5.91 Å². The molecular weight excluding hydrogens is 443 g/mol. The van der Waals surface area contributed by atoms with Crippen molar-refractivity contribution in [3.05, 3.63) is 87.9 Å². The van der Waals surface area contributed by atoms with Gasteiger partial charge in [0.25, 0.3) is 10.0 Å². The van der Waals surface area contributed by atoms with Crippen molar-refractivity contribution in [2.24, 2.45) is 0 Å². The smallest absolute Gasteiger partial charge is 0.264 e. The topological polar surface area (TPSA) is 66.5 Å². The third-order valence-corrected chi connectivity index (χ3v) is 6.95. The number of hydrogen-bond donors (Lipinski definition) is 1. The van der Waals surface area contributed by atoms with Crippen molar-refractivity contribution in [2.75, 3.05) is 16.2 Å². The molecule has 0 radical (unpaired) electrons. The summed E-state index contributed by atoms with van der Waals surface area (Å²) in [5, 5.41) is 3.34. The summed E-state index contributed by atoms with van der Waals surface area (Å²) in [6.07, 6.45) is 0. The molecule has 3 rings (SSSR count). The van der Waals surface area contributed by atoms with Gasteiger partial charge >= 0.3 is 0 Å². The molecule has 3 aromatic rings. The summed E-state index contributed by atoms with van der Waals surface area (Å²) in [5.74, 6) is -0.545. The Morgan fingerprint density at radius 1 is 0.933 bits per heavy atom. The Balaban J connectivity index is 1.98. The Kier molecular flexibility index (Phi) is 6.71. The predicted molar refractivity (Wildman–Crippen MR) is 122 cm³/mol. The van der Waals surface area contributed by atoms with Gasteiger partial charge in [0, 0.05) is 5.02 Å². The van der Waals surface area contributed by atoms with Gasteiger partial charge in [-0.2, -0.15) is 0 Å². The van der Waals surface area contributed by atoms with E-state index in [9.17, 15) is 13.2 Å². The van der Waals surface area contributed by atoms with Gasteiger partial charge < -0.3 is 5.32 Å². The van der Waals surface area contributed by atoms with Crippen LogP contribution >= 0.6 is 23.2 Å². The maximum Gasteiger partial charge on any atom is 0.264 e. The average molecular weight is 463 g/mol. The van der Waals surface area contributed by atoms with Gasteiger partial charge in [-0.1, -0.05) is 47.5 Å². The van der Waals surface area contributed by atoms with E-state index in [4.69, 9.17) is 23.2 Å². The maximum atomic E-state index is 13.3. The number of benzene rings is 3. The SMILES string of the molecule is Cc1ccc(N(CC(=O)Nc2cc(Cl)ccc2Cl)S(=O)(=O)c2ccccc2)cc1C. The first-order chi connectivity index (χ1) is 14.2. The fourth-order valence-electron chi connectivity index (χ4n) is 2.83. The minimum absolute atomic E-state index is 0.0943. The normalized spacial score (nSPS) is 11.2. The van der Waals surface area contributed by atoms with Gasteiger partial charge in [0.15, 0.2) is 0 Å². The Morgan fingerprint density at radius 2 is 1.63 bits per heavy atom. The molecule has 0 aliphatic carbocycles. The van der Waals surface area contributed by atoms with Crippen molar-refractivity contribution in [2.45, 2.75) is 18.7 Å². The molecule has 5 nitrogen and oxygen atoms in total. The molecular formula is C22H20Cl2N2O3S. The second-order valence-corrected chi connectivity index (χ2v) is 9.47. The summed E-state index contributed by atoms with van der Waals surface area (Å²) in [5.41, 5.74) is 2.64. The third kappa shape index (κ3) is 4.95. The van der Waals surface area contributed by atoms with Crippen LogP contribution < -0.4 is 9.62 Å². The van der Waals surface area contributed by atoms with Crippen molar-refractivity contribution < 1.29 is 13.2 Å². The molecule has 30 heavy (non-hydrogen) atoms. The number of sulfonamides is 1. The summed E-state index contributed by atoms with van der Waals surface area (Å²) in [4.78, 5) is 12.9. The van der Waals surface area contributed by atoms with E-state index in [0.717, 1.165) is 15.4 Å². The molecule has 0 bridgehead atoms. The monoisotopic (exact) mass is 462 g/mol. The molecule has 0 aromatic heterocycles. The molecule has 0 saturated carbocycles. The van der Waals surface area contributed by atoms with Crippen molar-refractivity contribution in [3.8, 4) is 0 Å². The lowest BCUT2D eigenvalue weighted by molar-refractivity contribution is -0.114. The number of aryl methyl sites for hydroxylation is 2. The highest BCUT2D eigenvalue weighted by molar-refractivity contribution is 7.92. The lowest BCUT2D eigenvalue weighted by Gasteiger charge is -2.25. The lowest BCUT2D eigenvalue weighted by Crippen LogP contribution is -2.38. The zero-order valence-electron chi connectivity index (χ0n) is 16.4. The quantitative estimate of drug-likeness (QED) is 0.529. The number of hydrogen-bond acceptors (Lipinski definition) is 3. The summed E-state index contributed by atoms with van der Waals surface area (Å²) < 4.78 is 27.8. The van der Waals surface area contributed by atoms with E-state index in [1.165, 1.54) is 18.2 Å². The van der Waals surface area contributed by atoms with Crippen LogP contribution in [0.5, 0.6) is 0 Å². The number of carbonyl (C=O) groups excluding carboxylic acids is 1. The van der Waals surface area contributed by atoms with Gasteiger partial charge in [0.1, 0.15) is 6.54 Å². The van der Waals surface area contributed by atoms with E-state index >= 15 is 0 Å². The fourth-order valence-corrected chi connectivity index (χ4v) is 4.60. The molecule has 156 valence electrons. The Bertz CT molecular complexity index is 1180. The minimum Gasteiger partial charge on any atom is -0.323 e. The highest BCUT2D eigenvalue weighted by Gasteiger charge is 2.27. The maximum absolute atomic E-state index is 13.3. The van der Waals surface area contributed by atoms with Gasteiger partial charge in [-0.15, -0.1) is 0 Å². The third-order valence-electron chi connectivity index (χ3n) is 4.60. The molecule has 0 heterocycles. The number of amides is 1. The van der Waals surface area contributed by atoms with Gasteiger partial charge in [-0.05, 0) is 67.4 Å². The molecule has 3 aromatic carbocycles. The molecule has 1 amide bonds. The number of carbonyl (C=O) groups is 1. The van der Waals surface area contributed by atoms with E-state index < -0.39 is 22.5 Å². The van der Waals surface area contributed by atoms with Crippen molar-refractivity contribution >= 4 is 50.5 Å². The van der Waals surface area contributed by atoms with Gasteiger partial charge in [0.05, 0.1) is 21.3 Å². The van der Waals surface area contributed by atoms with Crippen molar-refractivity contribution in [1.29, 1.82) is 0 Å². The predicted octanol–water partition coefficient (Wildman–Crippen LogP) is 5.44.